The summed E-state index contributed by atoms with van der Waals surface area (Å²) in [5.74, 6) is -1.52. The van der Waals surface area contributed by atoms with Crippen molar-refractivity contribution in [3.63, 3.8) is 0 Å². The van der Waals surface area contributed by atoms with Crippen molar-refractivity contribution in [3.05, 3.63) is 69.8 Å². The molecule has 0 radical (unpaired) electrons. The summed E-state index contributed by atoms with van der Waals surface area (Å²) in [5, 5.41) is 10.9. The Morgan fingerprint density at radius 2 is 1.73 bits per heavy atom. The molecule has 9 nitrogen and oxygen atoms in total. The number of nitrogens with one attached hydrogen (secondary N) is 1. The molecule has 1 N–H and O–H groups in total. The van der Waals surface area contributed by atoms with Gasteiger partial charge in [0.15, 0.2) is 12.4 Å². The van der Waals surface area contributed by atoms with E-state index < -0.39 is 39.0 Å². The van der Waals surface area contributed by atoms with Crippen LogP contribution in [-0.4, -0.2) is 38.0 Å². The quantitative estimate of drug-likeness (QED) is 0.337. The molecule has 0 saturated carbocycles. The summed E-state index contributed by atoms with van der Waals surface area (Å²) in [6, 6.07) is 10.8. The van der Waals surface area contributed by atoms with Crippen LogP contribution in [0.25, 0.3) is 0 Å². The van der Waals surface area contributed by atoms with Crippen molar-refractivity contribution in [1.82, 2.24) is 0 Å². The van der Waals surface area contributed by atoms with E-state index in [1.165, 1.54) is 42.5 Å². The molecule has 0 aliphatic rings. The third-order valence-corrected chi connectivity index (χ3v) is 3.77. The van der Waals surface area contributed by atoms with Gasteiger partial charge < -0.3 is 4.74 Å². The van der Waals surface area contributed by atoms with E-state index in [1.54, 1.807) is 0 Å². The molecule has 0 saturated heterocycles. The molecule has 0 atom stereocenters. The fourth-order valence-corrected chi connectivity index (χ4v) is 2.60. The van der Waals surface area contributed by atoms with Crippen LogP contribution in [0.5, 0.6) is 0 Å². The van der Waals surface area contributed by atoms with E-state index >= 15 is 0 Å². The fraction of sp³-hybridized carbons (Fsp3) is 0.125. The van der Waals surface area contributed by atoms with Gasteiger partial charge in [0.05, 0.1) is 11.2 Å². The Hall–Kier alpha value is -3.27. The zero-order chi connectivity index (χ0) is 19.3. The van der Waals surface area contributed by atoms with E-state index in [0.29, 0.717) is 0 Å². The topological polar surface area (TPSA) is 133 Å². The number of nitrogens with zero attached hydrogens (tertiary/aromatic N) is 1. The van der Waals surface area contributed by atoms with Gasteiger partial charge in [0.25, 0.3) is 5.69 Å². The van der Waals surface area contributed by atoms with Gasteiger partial charge in [-0.25, -0.2) is 13.2 Å². The minimum atomic E-state index is -3.43. The number of carbonyl (C=O) groups is 2. The standard InChI is InChI=1S/C16H14N2O7S/c1-26(23,24)17-12-8-6-11(7-9-12)15(19)10-25-16(20)13-4-2-3-5-14(13)18(21)22/h2-9,17H,10H2,1H3. The van der Waals surface area contributed by atoms with Crippen molar-refractivity contribution < 1.29 is 27.7 Å². The molecule has 26 heavy (non-hydrogen) atoms. The lowest BCUT2D eigenvalue weighted by Crippen LogP contribution is -2.15. The summed E-state index contributed by atoms with van der Waals surface area (Å²) in [7, 11) is -3.43. The molecule has 2 aromatic carbocycles. The third-order valence-electron chi connectivity index (χ3n) is 3.17. The Kier molecular flexibility index (Phi) is 5.68. The molecule has 0 spiro atoms. The van der Waals surface area contributed by atoms with E-state index in [2.05, 4.69) is 4.72 Å². The van der Waals surface area contributed by atoms with Crippen LogP contribution in [0.4, 0.5) is 11.4 Å². The lowest BCUT2D eigenvalue weighted by atomic mass is 10.1. The summed E-state index contributed by atoms with van der Waals surface area (Å²) < 4.78 is 29.3. The Labute approximate surface area is 148 Å². The predicted octanol–water partition coefficient (Wildman–Crippen LogP) is 2.01. The number of anilines is 1. The van der Waals surface area contributed by atoms with Crippen LogP contribution < -0.4 is 4.72 Å². The van der Waals surface area contributed by atoms with E-state index in [1.807, 2.05) is 0 Å². The van der Waals surface area contributed by atoms with Crippen LogP contribution in [0.2, 0.25) is 0 Å². The van der Waals surface area contributed by atoms with Gasteiger partial charge in [-0.2, -0.15) is 0 Å². The summed E-state index contributed by atoms with van der Waals surface area (Å²) in [6.07, 6.45) is 0.994. The van der Waals surface area contributed by atoms with Gasteiger partial charge in [-0.05, 0) is 30.3 Å². The SMILES string of the molecule is CS(=O)(=O)Nc1ccc(C(=O)COC(=O)c2ccccc2[N+](=O)[O-])cc1. The Balaban J connectivity index is 2.02. The maximum Gasteiger partial charge on any atom is 0.345 e. The van der Waals surface area contributed by atoms with Gasteiger partial charge in [0.2, 0.25) is 10.0 Å². The van der Waals surface area contributed by atoms with Crippen molar-refractivity contribution in [2.24, 2.45) is 0 Å². The number of ketones is 1. The smallest absolute Gasteiger partial charge is 0.345 e. The number of ether oxygens (including phenoxy) is 1. The Morgan fingerprint density at radius 3 is 2.31 bits per heavy atom. The molecule has 136 valence electrons. The summed E-state index contributed by atoms with van der Waals surface area (Å²) in [6.45, 7) is -0.607. The lowest BCUT2D eigenvalue weighted by Gasteiger charge is -2.06. The van der Waals surface area contributed by atoms with Crippen molar-refractivity contribution in [2.75, 3.05) is 17.6 Å². The predicted molar refractivity (Wildman–Crippen MR) is 92.6 cm³/mol. The van der Waals surface area contributed by atoms with Gasteiger partial charge in [0.1, 0.15) is 5.56 Å². The molecule has 0 aromatic heterocycles. The van der Waals surface area contributed by atoms with Crippen molar-refractivity contribution >= 4 is 33.2 Å². The van der Waals surface area contributed by atoms with E-state index in [9.17, 15) is 28.1 Å². The number of rotatable bonds is 7. The van der Waals surface area contributed by atoms with Crippen molar-refractivity contribution in [3.8, 4) is 0 Å². The molecule has 2 aromatic rings. The summed E-state index contributed by atoms with van der Waals surface area (Å²) in [4.78, 5) is 34.2. The highest BCUT2D eigenvalue weighted by molar-refractivity contribution is 7.92. The number of carbonyl (C=O) groups excluding carboxylic acids is 2. The molecule has 0 bridgehead atoms. The fourth-order valence-electron chi connectivity index (χ4n) is 2.04. The second-order valence-corrected chi connectivity index (χ2v) is 6.97. The lowest BCUT2D eigenvalue weighted by molar-refractivity contribution is -0.385. The largest absolute Gasteiger partial charge is 0.454 e. The number of nitro groups is 1. The molecule has 0 unspecified atom stereocenters. The molecule has 0 amide bonds. The van der Waals surface area contributed by atoms with Crippen LogP contribution in [0.1, 0.15) is 20.7 Å². The zero-order valence-corrected chi connectivity index (χ0v) is 14.4. The molecule has 2 rings (SSSR count). The number of Topliss-reactive ketones (excluding diaryl/α,β-unsaturated/α-hetero) is 1. The Bertz CT molecular complexity index is 953. The monoisotopic (exact) mass is 378 g/mol. The van der Waals surface area contributed by atoms with E-state index in [0.717, 1.165) is 12.3 Å². The minimum Gasteiger partial charge on any atom is -0.454 e. The number of para-hydroxylation sites is 1. The molecule has 0 aliphatic carbocycles. The minimum absolute atomic E-state index is 0.194. The van der Waals surface area contributed by atoms with Gasteiger partial charge in [-0.1, -0.05) is 12.1 Å². The highest BCUT2D eigenvalue weighted by Crippen LogP contribution is 2.19. The third kappa shape index (κ3) is 5.11. The maximum absolute atomic E-state index is 12.0. The second-order valence-electron chi connectivity index (χ2n) is 5.23. The number of hydrogen-bond donors (Lipinski definition) is 1. The molecule has 0 heterocycles. The van der Waals surface area contributed by atoms with Gasteiger partial charge in [-0.15, -0.1) is 0 Å². The molecule has 0 aliphatic heterocycles. The van der Waals surface area contributed by atoms with Crippen LogP contribution in [0.15, 0.2) is 48.5 Å². The maximum atomic E-state index is 12.0. The first-order valence-corrected chi connectivity index (χ1v) is 9.08. The average Bonchev–Trinajstić information content (AvgIpc) is 2.58. The second kappa shape index (κ2) is 7.74. The summed E-state index contributed by atoms with van der Waals surface area (Å²) >= 11 is 0. The molecular weight excluding hydrogens is 364 g/mol. The van der Waals surface area contributed by atoms with Gasteiger partial charge >= 0.3 is 5.97 Å². The van der Waals surface area contributed by atoms with Crippen molar-refractivity contribution in [2.45, 2.75) is 0 Å². The van der Waals surface area contributed by atoms with Crippen LogP contribution >= 0.6 is 0 Å². The van der Waals surface area contributed by atoms with E-state index in [-0.39, 0.29) is 16.8 Å². The number of benzene rings is 2. The molecule has 10 heteroatoms. The molecule has 0 fully saturated rings. The highest BCUT2D eigenvalue weighted by Gasteiger charge is 2.21. The normalized spacial score (nSPS) is 10.8. The number of esters is 1. The number of sulfonamides is 1. The number of hydrogen-bond acceptors (Lipinski definition) is 7. The van der Waals surface area contributed by atoms with Crippen molar-refractivity contribution in [1.29, 1.82) is 0 Å². The Morgan fingerprint density at radius 1 is 1.12 bits per heavy atom. The van der Waals surface area contributed by atoms with Gasteiger partial charge in [0, 0.05) is 17.3 Å². The number of nitro benzene ring substituents is 1. The van der Waals surface area contributed by atoms with Crippen LogP contribution in [0, 0.1) is 10.1 Å². The zero-order valence-electron chi connectivity index (χ0n) is 13.5. The first kappa shape index (κ1) is 19.1. The average molecular weight is 378 g/mol. The summed E-state index contributed by atoms with van der Waals surface area (Å²) in [5.41, 5.74) is -0.195. The van der Waals surface area contributed by atoms with Crippen LogP contribution in [-0.2, 0) is 14.8 Å². The first-order chi connectivity index (χ1) is 12.2. The van der Waals surface area contributed by atoms with Gasteiger partial charge in [-0.3, -0.25) is 19.6 Å². The first-order valence-electron chi connectivity index (χ1n) is 7.19. The van der Waals surface area contributed by atoms with Crippen LogP contribution in [0.3, 0.4) is 0 Å². The molecular formula is C16H14N2O7S. The highest BCUT2D eigenvalue weighted by atomic mass is 32.2. The van der Waals surface area contributed by atoms with E-state index in [4.69, 9.17) is 4.74 Å².